The zero-order valence-electron chi connectivity index (χ0n) is 14.0. The molecule has 0 aliphatic carbocycles. The van der Waals surface area contributed by atoms with Gasteiger partial charge in [-0.15, -0.1) is 0 Å². The van der Waals surface area contributed by atoms with Crippen molar-refractivity contribution in [3.05, 3.63) is 76.7 Å². The van der Waals surface area contributed by atoms with Crippen LogP contribution in [0.15, 0.2) is 71.1 Å². The van der Waals surface area contributed by atoms with Gasteiger partial charge in [-0.3, -0.25) is 0 Å². The predicted octanol–water partition coefficient (Wildman–Crippen LogP) is 6.06. The number of phenols is 1. The Bertz CT molecular complexity index is 800. The molecule has 24 heavy (non-hydrogen) atoms. The number of hydrogen-bond donors (Lipinski definition) is 1. The first kappa shape index (κ1) is 18.1. The van der Waals surface area contributed by atoms with Crippen LogP contribution in [0.25, 0.3) is 5.57 Å². The number of halogens is 2. The molecule has 1 aromatic rings. The molecule has 1 unspecified atom stereocenters. The second kappa shape index (κ2) is 7.10. The highest BCUT2D eigenvalue weighted by Crippen LogP contribution is 2.43. The monoisotopic (exact) mass is 346 g/mol. The van der Waals surface area contributed by atoms with Crippen LogP contribution in [0.5, 0.6) is 11.5 Å². The first-order chi connectivity index (χ1) is 11.3. The lowest BCUT2D eigenvalue weighted by atomic mass is 9.85. The number of allylic oxidation sites excluding steroid dienone is 4. The van der Waals surface area contributed by atoms with Crippen LogP contribution < -0.4 is 4.74 Å². The van der Waals surface area contributed by atoms with Gasteiger partial charge in [0.1, 0.15) is 23.4 Å². The van der Waals surface area contributed by atoms with E-state index in [9.17, 15) is 9.50 Å². The minimum Gasteiger partial charge on any atom is -0.508 e. The molecule has 4 heteroatoms. The molecule has 0 aromatic heterocycles. The van der Waals surface area contributed by atoms with E-state index in [0.717, 1.165) is 11.1 Å². The Hall–Kier alpha value is -2.26. The molecule has 2 rings (SSSR count). The fourth-order valence-electron chi connectivity index (χ4n) is 2.85. The van der Waals surface area contributed by atoms with Crippen LogP contribution in [-0.4, -0.2) is 11.2 Å². The third kappa shape index (κ3) is 3.17. The minimum absolute atomic E-state index is 0.119. The third-order valence-electron chi connectivity index (χ3n) is 4.12. The minimum atomic E-state index is -0.581. The van der Waals surface area contributed by atoms with Crippen LogP contribution in [0.2, 0.25) is 0 Å². The molecule has 1 heterocycles. The van der Waals surface area contributed by atoms with Crippen molar-refractivity contribution in [1.29, 1.82) is 0 Å². The molecular weight excluding hydrogens is 327 g/mol. The summed E-state index contributed by atoms with van der Waals surface area (Å²) in [4.78, 5) is 0. The molecule has 0 bridgehead atoms. The van der Waals surface area contributed by atoms with Crippen molar-refractivity contribution in [3.8, 4) is 11.5 Å². The number of hydrogen-bond acceptors (Lipinski definition) is 2. The van der Waals surface area contributed by atoms with Crippen LogP contribution in [0.1, 0.15) is 26.3 Å². The van der Waals surface area contributed by atoms with Gasteiger partial charge in [0, 0.05) is 11.1 Å². The van der Waals surface area contributed by atoms with Crippen LogP contribution in [-0.2, 0) is 0 Å². The Kier molecular flexibility index (Phi) is 5.35. The summed E-state index contributed by atoms with van der Waals surface area (Å²) >= 11 is 5.75. The molecule has 0 radical (unpaired) electrons. The molecule has 0 amide bonds. The van der Waals surface area contributed by atoms with Gasteiger partial charge in [-0.2, -0.15) is 0 Å². The molecular formula is C20H20ClFO2. The zero-order chi connectivity index (χ0) is 18.0. The van der Waals surface area contributed by atoms with Crippen molar-refractivity contribution in [2.24, 2.45) is 0 Å². The lowest BCUT2D eigenvalue weighted by molar-refractivity contribution is 0.271. The Morgan fingerprint density at radius 3 is 2.62 bits per heavy atom. The maximum atomic E-state index is 14.4. The average molecular weight is 347 g/mol. The summed E-state index contributed by atoms with van der Waals surface area (Å²) in [6, 6.07) is 4.86. The largest absolute Gasteiger partial charge is 0.508 e. The molecule has 1 N–H and O–H groups in total. The molecule has 126 valence electrons. The first-order valence-electron chi connectivity index (χ1n) is 7.52. The van der Waals surface area contributed by atoms with E-state index in [1.54, 1.807) is 31.2 Å². The van der Waals surface area contributed by atoms with E-state index in [4.69, 9.17) is 16.3 Å². The summed E-state index contributed by atoms with van der Waals surface area (Å²) in [5, 5.41) is 9.61. The van der Waals surface area contributed by atoms with Crippen molar-refractivity contribution in [2.45, 2.75) is 26.9 Å². The van der Waals surface area contributed by atoms with Crippen molar-refractivity contribution in [2.75, 3.05) is 0 Å². The number of benzene rings is 1. The highest BCUT2D eigenvalue weighted by Gasteiger charge is 2.31. The molecule has 1 aromatic carbocycles. The second-order valence-electron chi connectivity index (χ2n) is 5.55. The summed E-state index contributed by atoms with van der Waals surface area (Å²) in [6.45, 7) is 12.7. The van der Waals surface area contributed by atoms with Gasteiger partial charge in [-0.25, -0.2) is 4.39 Å². The fraction of sp³-hybridized carbons (Fsp3) is 0.200. The Morgan fingerprint density at radius 2 is 2.08 bits per heavy atom. The van der Waals surface area contributed by atoms with Crippen LogP contribution >= 0.6 is 11.6 Å². The van der Waals surface area contributed by atoms with Gasteiger partial charge >= 0.3 is 0 Å². The zero-order valence-corrected chi connectivity index (χ0v) is 14.7. The first-order valence-corrected chi connectivity index (χ1v) is 7.90. The molecule has 2 nitrogen and oxygen atoms in total. The topological polar surface area (TPSA) is 29.5 Å². The van der Waals surface area contributed by atoms with Crippen molar-refractivity contribution >= 4 is 17.2 Å². The summed E-state index contributed by atoms with van der Waals surface area (Å²) in [5.41, 5.74) is 3.35. The lowest BCUT2D eigenvalue weighted by Crippen LogP contribution is -2.27. The van der Waals surface area contributed by atoms with E-state index in [2.05, 4.69) is 13.2 Å². The molecule has 0 spiro atoms. The molecule has 1 atom stereocenters. The average Bonchev–Trinajstić information content (AvgIpc) is 2.55. The Labute approximate surface area is 146 Å². The number of rotatable bonds is 4. The number of ether oxygens (including phenoxy) is 1. The maximum absolute atomic E-state index is 14.4. The van der Waals surface area contributed by atoms with Crippen molar-refractivity contribution in [3.63, 3.8) is 0 Å². The summed E-state index contributed by atoms with van der Waals surface area (Å²) in [7, 11) is 0. The highest BCUT2D eigenvalue weighted by atomic mass is 35.5. The summed E-state index contributed by atoms with van der Waals surface area (Å²) < 4.78 is 20.5. The standard InChI is InChI=1S/C20H20ClFO2/c1-6-14(7-2)20-18(12(4)19(22)13(5)21)11(3)16-10-15(23)8-9-17(16)24-20/h6-10,20,23H,1,5H2,2-4H3. The van der Waals surface area contributed by atoms with Gasteiger partial charge in [0.05, 0.1) is 5.03 Å². The smallest absolute Gasteiger partial charge is 0.149 e. The molecule has 1 aliphatic heterocycles. The number of fused-ring (bicyclic) bond motifs is 1. The lowest BCUT2D eigenvalue weighted by Gasteiger charge is -2.32. The highest BCUT2D eigenvalue weighted by molar-refractivity contribution is 6.31. The number of aromatic hydroxyl groups is 1. The summed E-state index contributed by atoms with van der Waals surface area (Å²) in [5.74, 6) is 0.161. The molecule has 0 saturated carbocycles. The van der Waals surface area contributed by atoms with Gasteiger partial charge in [0.15, 0.2) is 0 Å². The Balaban J connectivity index is 2.79. The normalized spacial score (nSPS) is 18.5. The van der Waals surface area contributed by atoms with E-state index >= 15 is 0 Å². The van der Waals surface area contributed by atoms with Gasteiger partial charge in [-0.05, 0) is 55.7 Å². The SMILES string of the molecule is C=CC(=CC)C1Oc2ccc(O)cc2C(C)=C1C(C)=C(F)C(=C)Cl. The number of phenolic OH excluding ortho intramolecular Hbond substituents is 1. The van der Waals surface area contributed by atoms with Crippen LogP contribution in [0, 0.1) is 0 Å². The van der Waals surface area contributed by atoms with Gasteiger partial charge in [-0.1, -0.05) is 36.9 Å². The van der Waals surface area contributed by atoms with Crippen LogP contribution in [0.4, 0.5) is 4.39 Å². The Morgan fingerprint density at radius 1 is 1.42 bits per heavy atom. The van der Waals surface area contributed by atoms with E-state index in [0.29, 0.717) is 22.5 Å². The summed E-state index contributed by atoms with van der Waals surface area (Å²) in [6.07, 6.45) is 3.05. The fourth-order valence-corrected chi connectivity index (χ4v) is 2.99. The predicted molar refractivity (Wildman–Crippen MR) is 97.9 cm³/mol. The van der Waals surface area contributed by atoms with Crippen LogP contribution in [0.3, 0.4) is 0 Å². The molecule has 0 fully saturated rings. The van der Waals surface area contributed by atoms with E-state index in [-0.39, 0.29) is 10.8 Å². The van der Waals surface area contributed by atoms with Crippen molar-refractivity contribution in [1.82, 2.24) is 0 Å². The third-order valence-corrected chi connectivity index (χ3v) is 4.29. The van der Waals surface area contributed by atoms with E-state index < -0.39 is 11.9 Å². The second-order valence-corrected chi connectivity index (χ2v) is 6.01. The van der Waals surface area contributed by atoms with Gasteiger partial charge in [0.2, 0.25) is 0 Å². The quantitative estimate of drug-likeness (QED) is 0.672. The van der Waals surface area contributed by atoms with E-state index in [1.807, 2.05) is 19.9 Å². The molecule has 0 saturated heterocycles. The molecule has 1 aliphatic rings. The van der Waals surface area contributed by atoms with E-state index in [1.165, 1.54) is 0 Å². The van der Waals surface area contributed by atoms with Gasteiger partial charge < -0.3 is 9.84 Å². The maximum Gasteiger partial charge on any atom is 0.149 e. The van der Waals surface area contributed by atoms with Gasteiger partial charge in [0.25, 0.3) is 0 Å². The van der Waals surface area contributed by atoms with Crippen molar-refractivity contribution < 1.29 is 14.2 Å².